The number of alkyl halides is 3. The highest BCUT2D eigenvalue weighted by Gasteiger charge is 2.34. The third-order valence-corrected chi connectivity index (χ3v) is 5.67. The maximum Gasteiger partial charge on any atom is 0.419 e. The van der Waals surface area contributed by atoms with Crippen LogP contribution in [0.4, 0.5) is 24.7 Å². The smallest absolute Gasteiger partial charge is 0.419 e. The summed E-state index contributed by atoms with van der Waals surface area (Å²) < 4.78 is 46.1. The molecule has 1 aliphatic rings. The minimum absolute atomic E-state index is 0.131. The first-order valence-corrected chi connectivity index (χ1v) is 11.4. The highest BCUT2D eigenvalue weighted by atomic mass is 19.4. The van der Waals surface area contributed by atoms with Crippen LogP contribution in [0.25, 0.3) is 0 Å². The van der Waals surface area contributed by atoms with Gasteiger partial charge in [-0.3, -0.25) is 14.7 Å². The van der Waals surface area contributed by atoms with Crippen molar-refractivity contribution < 1.29 is 22.7 Å². The molecule has 0 radical (unpaired) electrons. The van der Waals surface area contributed by atoms with E-state index >= 15 is 0 Å². The molecule has 0 bridgehead atoms. The molecule has 2 aromatic heterocycles. The minimum atomic E-state index is -4.57. The Balaban J connectivity index is 1.46. The lowest BCUT2D eigenvalue weighted by molar-refractivity contribution is -0.138. The fourth-order valence-electron chi connectivity index (χ4n) is 3.86. The molecule has 1 amide bonds. The number of benzene rings is 1. The molecule has 4 rings (SSSR count). The monoisotopic (exact) mass is 485 g/mol. The molecule has 2 N–H and O–H groups in total. The van der Waals surface area contributed by atoms with Gasteiger partial charge in [-0.15, -0.1) is 0 Å². The van der Waals surface area contributed by atoms with E-state index < -0.39 is 17.6 Å². The van der Waals surface area contributed by atoms with Crippen molar-refractivity contribution in [3.63, 3.8) is 0 Å². The molecule has 3 aromatic rings. The Hall–Kier alpha value is -3.66. The van der Waals surface area contributed by atoms with Gasteiger partial charge in [0.05, 0.1) is 11.1 Å². The van der Waals surface area contributed by atoms with Gasteiger partial charge in [0, 0.05) is 43.4 Å². The molecule has 35 heavy (non-hydrogen) atoms. The van der Waals surface area contributed by atoms with E-state index in [2.05, 4.69) is 25.5 Å². The number of carbonyl (C=O) groups is 1. The molecular formula is C25H26F3N5O2. The molecule has 0 atom stereocenters. The normalized spacial score (nSPS) is 14.0. The first-order chi connectivity index (χ1) is 16.9. The number of aromatic nitrogens is 2. The highest BCUT2D eigenvalue weighted by Crippen LogP contribution is 2.38. The van der Waals surface area contributed by atoms with Crippen LogP contribution in [0.15, 0.2) is 61.1 Å². The molecule has 1 fully saturated rings. The van der Waals surface area contributed by atoms with Crippen molar-refractivity contribution in [3.8, 4) is 5.75 Å². The number of pyridine rings is 2. The summed E-state index contributed by atoms with van der Waals surface area (Å²) in [5, 5.41) is 5.77. The van der Waals surface area contributed by atoms with Crippen LogP contribution >= 0.6 is 0 Å². The van der Waals surface area contributed by atoms with Crippen LogP contribution in [0.2, 0.25) is 0 Å². The molecule has 0 unspecified atom stereocenters. The van der Waals surface area contributed by atoms with Gasteiger partial charge in [-0.05, 0) is 67.9 Å². The molecule has 3 heterocycles. The molecular weight excluding hydrogens is 459 g/mol. The predicted octanol–water partition coefficient (Wildman–Crippen LogP) is 4.83. The number of carbonyl (C=O) groups excluding carboxylic acids is 1. The molecule has 1 saturated heterocycles. The number of hydrogen-bond donors (Lipinski definition) is 2. The fraction of sp³-hybridized carbons (Fsp3) is 0.320. The van der Waals surface area contributed by atoms with E-state index in [1.165, 1.54) is 12.1 Å². The maximum atomic E-state index is 13.5. The first kappa shape index (κ1) is 24.5. The van der Waals surface area contributed by atoms with Crippen LogP contribution in [-0.2, 0) is 12.7 Å². The Morgan fingerprint density at radius 1 is 1.06 bits per heavy atom. The van der Waals surface area contributed by atoms with Gasteiger partial charge in [-0.1, -0.05) is 0 Å². The zero-order valence-corrected chi connectivity index (χ0v) is 19.0. The van der Waals surface area contributed by atoms with Crippen molar-refractivity contribution >= 4 is 17.4 Å². The van der Waals surface area contributed by atoms with Gasteiger partial charge in [0.2, 0.25) is 0 Å². The van der Waals surface area contributed by atoms with Crippen molar-refractivity contribution in [1.82, 2.24) is 14.9 Å². The predicted molar refractivity (Wildman–Crippen MR) is 126 cm³/mol. The average Bonchev–Trinajstić information content (AvgIpc) is 3.36. The first-order valence-electron chi connectivity index (χ1n) is 11.4. The molecule has 0 aliphatic carbocycles. The van der Waals surface area contributed by atoms with Crippen LogP contribution in [0.3, 0.4) is 0 Å². The molecule has 1 aliphatic heterocycles. The van der Waals surface area contributed by atoms with Gasteiger partial charge in [0.15, 0.2) is 0 Å². The molecule has 10 heteroatoms. The fourth-order valence-corrected chi connectivity index (χ4v) is 3.86. The second-order valence-corrected chi connectivity index (χ2v) is 8.17. The van der Waals surface area contributed by atoms with E-state index in [1.807, 2.05) is 12.1 Å². The molecule has 184 valence electrons. The number of anilines is 2. The van der Waals surface area contributed by atoms with Crippen molar-refractivity contribution in [2.24, 2.45) is 0 Å². The molecule has 0 saturated carbocycles. The third-order valence-electron chi connectivity index (χ3n) is 5.67. The SMILES string of the molecule is O=C(Nc1ccc(C(F)(F)F)c(OCCN2CCCC2)c1)c1cccnc1NCc1ccncc1. The minimum Gasteiger partial charge on any atom is -0.492 e. The number of rotatable bonds is 9. The van der Waals surface area contributed by atoms with Gasteiger partial charge >= 0.3 is 6.18 Å². The summed E-state index contributed by atoms with van der Waals surface area (Å²) in [5.74, 6) is -0.453. The van der Waals surface area contributed by atoms with E-state index in [0.29, 0.717) is 18.9 Å². The van der Waals surface area contributed by atoms with Crippen LogP contribution in [0.5, 0.6) is 5.75 Å². The third kappa shape index (κ3) is 6.69. The zero-order valence-electron chi connectivity index (χ0n) is 19.0. The lowest BCUT2D eigenvalue weighted by Gasteiger charge is -2.18. The summed E-state index contributed by atoms with van der Waals surface area (Å²) in [4.78, 5) is 23.3. The number of nitrogens with zero attached hydrogens (tertiary/aromatic N) is 3. The highest BCUT2D eigenvalue weighted by molar-refractivity contribution is 6.07. The Morgan fingerprint density at radius 2 is 1.83 bits per heavy atom. The Labute approximate surface area is 201 Å². The lowest BCUT2D eigenvalue weighted by Crippen LogP contribution is -2.25. The lowest BCUT2D eigenvalue weighted by atomic mass is 10.1. The second-order valence-electron chi connectivity index (χ2n) is 8.17. The van der Waals surface area contributed by atoms with Gasteiger partial charge in [-0.25, -0.2) is 4.98 Å². The quantitative estimate of drug-likeness (QED) is 0.452. The second kappa shape index (κ2) is 11.2. The van der Waals surface area contributed by atoms with E-state index in [9.17, 15) is 18.0 Å². The van der Waals surface area contributed by atoms with Crippen molar-refractivity contribution in [2.45, 2.75) is 25.6 Å². The zero-order chi connectivity index (χ0) is 24.7. The summed E-state index contributed by atoms with van der Waals surface area (Å²) >= 11 is 0. The van der Waals surface area contributed by atoms with E-state index in [0.717, 1.165) is 37.6 Å². The molecule has 1 aromatic carbocycles. The van der Waals surface area contributed by atoms with Crippen LogP contribution in [0, 0.1) is 0 Å². The van der Waals surface area contributed by atoms with Crippen LogP contribution in [-0.4, -0.2) is 47.0 Å². The summed E-state index contributed by atoms with van der Waals surface area (Å²) in [7, 11) is 0. The van der Waals surface area contributed by atoms with E-state index in [1.54, 1.807) is 30.7 Å². The van der Waals surface area contributed by atoms with Crippen LogP contribution < -0.4 is 15.4 Å². The van der Waals surface area contributed by atoms with Gasteiger partial charge < -0.3 is 15.4 Å². The van der Waals surface area contributed by atoms with Gasteiger partial charge in [0.1, 0.15) is 18.2 Å². The summed E-state index contributed by atoms with van der Waals surface area (Å²) in [6, 6.07) is 10.2. The largest absolute Gasteiger partial charge is 0.492 e. The van der Waals surface area contributed by atoms with Crippen molar-refractivity contribution in [1.29, 1.82) is 0 Å². The van der Waals surface area contributed by atoms with Crippen molar-refractivity contribution in [2.75, 3.05) is 36.9 Å². The summed E-state index contributed by atoms with van der Waals surface area (Å²) in [6.07, 6.45) is 2.48. The molecule has 0 spiro atoms. The number of nitrogens with one attached hydrogen (secondary N) is 2. The summed E-state index contributed by atoms with van der Waals surface area (Å²) in [6.45, 7) is 2.96. The van der Waals surface area contributed by atoms with E-state index in [4.69, 9.17) is 4.74 Å². The number of hydrogen-bond acceptors (Lipinski definition) is 6. The number of ether oxygens (including phenoxy) is 1. The number of amides is 1. The van der Waals surface area contributed by atoms with Crippen molar-refractivity contribution in [3.05, 3.63) is 77.7 Å². The Bertz CT molecular complexity index is 1140. The van der Waals surface area contributed by atoms with Gasteiger partial charge in [0.25, 0.3) is 5.91 Å². The van der Waals surface area contributed by atoms with E-state index in [-0.39, 0.29) is 23.6 Å². The average molecular weight is 486 g/mol. The number of likely N-dealkylation sites (tertiary alicyclic amines) is 1. The standard InChI is InChI=1S/C25H26F3N5O2/c26-25(27,28)21-6-5-19(16-22(21)35-15-14-33-12-1-2-13-33)32-24(34)20-4-3-9-30-23(20)31-17-18-7-10-29-11-8-18/h3-11,16H,1-2,12-15,17H2,(H,30,31)(H,32,34). The Morgan fingerprint density at radius 3 is 2.57 bits per heavy atom. The van der Waals surface area contributed by atoms with Gasteiger partial charge in [-0.2, -0.15) is 13.2 Å². The number of halogens is 3. The van der Waals surface area contributed by atoms with Crippen LogP contribution in [0.1, 0.15) is 34.3 Å². The summed E-state index contributed by atoms with van der Waals surface area (Å²) in [5.41, 5.74) is 0.537. The Kier molecular flexibility index (Phi) is 7.81. The maximum absolute atomic E-state index is 13.5. The molecule has 7 nitrogen and oxygen atoms in total. The topological polar surface area (TPSA) is 79.4 Å².